The van der Waals surface area contributed by atoms with Crippen LogP contribution in [-0.4, -0.2) is 41.0 Å². The van der Waals surface area contributed by atoms with Crippen LogP contribution in [-0.2, 0) is 19.1 Å². The molecule has 2 N–H and O–H groups in total. The average Bonchev–Trinajstić information content (AvgIpc) is 2.76. The van der Waals surface area contributed by atoms with Crippen molar-refractivity contribution in [1.82, 2.24) is 15.8 Å². The molecule has 2 fully saturated rings. The zero-order valence-corrected chi connectivity index (χ0v) is 14.2. The molecule has 0 radical (unpaired) electrons. The lowest BCUT2D eigenvalue weighted by Crippen LogP contribution is -2.51. The van der Waals surface area contributed by atoms with Crippen LogP contribution in [0.5, 0.6) is 0 Å². The lowest BCUT2D eigenvalue weighted by atomic mass is 9.82. The van der Waals surface area contributed by atoms with E-state index in [1.807, 2.05) is 13.8 Å². The van der Waals surface area contributed by atoms with E-state index in [4.69, 9.17) is 4.74 Å². The molecule has 24 heavy (non-hydrogen) atoms. The zero-order valence-electron chi connectivity index (χ0n) is 14.2. The summed E-state index contributed by atoms with van der Waals surface area (Å²) in [7, 11) is 0. The molecule has 1 spiro atoms. The maximum absolute atomic E-state index is 12.5. The molecule has 0 bridgehead atoms. The van der Waals surface area contributed by atoms with Crippen LogP contribution in [0.1, 0.15) is 58.8 Å². The van der Waals surface area contributed by atoms with E-state index in [0.717, 1.165) is 19.3 Å². The second kappa shape index (κ2) is 7.63. The number of hydrazine groups is 1. The number of imide groups is 1. The van der Waals surface area contributed by atoms with E-state index in [-0.39, 0.29) is 6.42 Å². The number of ether oxygens (including phenoxy) is 1. The first-order valence-corrected chi connectivity index (χ1v) is 8.46. The minimum Gasteiger partial charge on any atom is -0.455 e. The summed E-state index contributed by atoms with van der Waals surface area (Å²) >= 11 is 0. The summed E-state index contributed by atoms with van der Waals surface area (Å²) in [6, 6.07) is -0.638. The van der Waals surface area contributed by atoms with Crippen LogP contribution < -0.4 is 10.7 Å². The summed E-state index contributed by atoms with van der Waals surface area (Å²) in [5.41, 5.74) is 1.33. The Bertz CT molecular complexity index is 526. The number of amides is 4. The Morgan fingerprint density at radius 3 is 2.54 bits per heavy atom. The van der Waals surface area contributed by atoms with Gasteiger partial charge in [-0.05, 0) is 25.2 Å². The molecule has 1 saturated carbocycles. The van der Waals surface area contributed by atoms with Crippen molar-refractivity contribution in [2.24, 2.45) is 5.92 Å². The number of nitrogens with one attached hydrogen (secondary N) is 2. The van der Waals surface area contributed by atoms with Crippen molar-refractivity contribution in [3.05, 3.63) is 0 Å². The van der Waals surface area contributed by atoms with Crippen molar-refractivity contribution in [2.45, 2.75) is 64.3 Å². The number of hydrogen-bond donors (Lipinski definition) is 2. The Hall–Kier alpha value is -2.12. The Morgan fingerprint density at radius 1 is 1.25 bits per heavy atom. The predicted octanol–water partition coefficient (Wildman–Crippen LogP) is 1.25. The monoisotopic (exact) mass is 339 g/mol. The number of esters is 1. The van der Waals surface area contributed by atoms with E-state index < -0.39 is 36.0 Å². The molecule has 1 aliphatic heterocycles. The molecule has 0 atom stereocenters. The Kier molecular flexibility index (Phi) is 5.80. The van der Waals surface area contributed by atoms with Gasteiger partial charge in [0.25, 0.3) is 11.8 Å². The Labute approximate surface area is 141 Å². The highest BCUT2D eigenvalue weighted by molar-refractivity contribution is 6.08. The minimum absolute atomic E-state index is 0.233. The van der Waals surface area contributed by atoms with Crippen LogP contribution in [0, 0.1) is 5.92 Å². The molecule has 0 unspecified atom stereocenters. The van der Waals surface area contributed by atoms with Crippen molar-refractivity contribution in [3.63, 3.8) is 0 Å². The van der Waals surface area contributed by atoms with Gasteiger partial charge in [-0.25, -0.2) is 4.79 Å². The van der Waals surface area contributed by atoms with Gasteiger partial charge in [0.15, 0.2) is 6.61 Å². The van der Waals surface area contributed by atoms with Gasteiger partial charge in [-0.2, -0.15) is 5.01 Å². The first-order valence-electron chi connectivity index (χ1n) is 8.46. The van der Waals surface area contributed by atoms with E-state index in [0.29, 0.717) is 30.2 Å². The SMILES string of the molecule is CC(C)CCC(=O)OCC(=O)NN1C(=O)NC2(CCCCC2)C1=O. The highest BCUT2D eigenvalue weighted by atomic mass is 16.5. The summed E-state index contributed by atoms with van der Waals surface area (Å²) in [6.07, 6.45) is 4.82. The van der Waals surface area contributed by atoms with Gasteiger partial charge in [-0.1, -0.05) is 33.1 Å². The fourth-order valence-corrected chi connectivity index (χ4v) is 3.00. The molecular formula is C16H25N3O5. The van der Waals surface area contributed by atoms with Crippen LogP contribution in [0.3, 0.4) is 0 Å². The third-order valence-electron chi connectivity index (χ3n) is 4.40. The van der Waals surface area contributed by atoms with Crippen LogP contribution in [0.4, 0.5) is 4.79 Å². The summed E-state index contributed by atoms with van der Waals surface area (Å²) in [4.78, 5) is 47.8. The molecule has 0 aromatic carbocycles. The average molecular weight is 339 g/mol. The van der Waals surface area contributed by atoms with Crippen molar-refractivity contribution < 1.29 is 23.9 Å². The zero-order chi connectivity index (χ0) is 17.7. The second-order valence-corrected chi connectivity index (χ2v) is 6.84. The minimum atomic E-state index is -0.892. The highest BCUT2D eigenvalue weighted by Crippen LogP contribution is 2.32. The summed E-state index contributed by atoms with van der Waals surface area (Å²) in [5, 5.41) is 3.39. The van der Waals surface area contributed by atoms with E-state index in [1.165, 1.54) is 0 Å². The number of hydrogen-bond acceptors (Lipinski definition) is 5. The smallest absolute Gasteiger partial charge is 0.344 e. The van der Waals surface area contributed by atoms with Crippen molar-refractivity contribution >= 4 is 23.8 Å². The third-order valence-corrected chi connectivity index (χ3v) is 4.40. The lowest BCUT2D eigenvalue weighted by Gasteiger charge is -2.30. The van der Waals surface area contributed by atoms with Crippen molar-refractivity contribution in [1.29, 1.82) is 0 Å². The number of carbonyl (C=O) groups excluding carboxylic acids is 4. The molecule has 134 valence electrons. The third kappa shape index (κ3) is 4.24. The summed E-state index contributed by atoms with van der Waals surface area (Å²) < 4.78 is 4.85. The molecule has 0 aromatic rings. The quantitative estimate of drug-likeness (QED) is 0.560. The van der Waals surface area contributed by atoms with Crippen LogP contribution in [0.15, 0.2) is 0 Å². The number of carbonyl (C=O) groups is 4. The molecule has 2 rings (SSSR count). The maximum Gasteiger partial charge on any atom is 0.344 e. The largest absolute Gasteiger partial charge is 0.455 e. The molecule has 8 heteroatoms. The molecular weight excluding hydrogens is 314 g/mol. The topological polar surface area (TPSA) is 105 Å². The molecule has 1 aliphatic carbocycles. The summed E-state index contributed by atoms with van der Waals surface area (Å²) in [6.45, 7) is 3.46. The van der Waals surface area contributed by atoms with E-state index >= 15 is 0 Å². The normalized spacial score (nSPS) is 19.5. The fourth-order valence-electron chi connectivity index (χ4n) is 3.00. The second-order valence-electron chi connectivity index (χ2n) is 6.84. The molecule has 2 aliphatic rings. The number of urea groups is 1. The molecule has 4 amide bonds. The van der Waals surface area contributed by atoms with Gasteiger partial charge < -0.3 is 10.1 Å². The van der Waals surface area contributed by atoms with Crippen LogP contribution >= 0.6 is 0 Å². The van der Waals surface area contributed by atoms with Gasteiger partial charge in [0, 0.05) is 6.42 Å². The van der Waals surface area contributed by atoms with Gasteiger partial charge in [0.05, 0.1) is 0 Å². The first kappa shape index (κ1) is 18.2. The van der Waals surface area contributed by atoms with Gasteiger partial charge in [0.1, 0.15) is 5.54 Å². The fraction of sp³-hybridized carbons (Fsp3) is 0.750. The molecule has 0 aromatic heterocycles. The molecule has 1 saturated heterocycles. The summed E-state index contributed by atoms with van der Waals surface area (Å²) in [5.74, 6) is -1.25. The van der Waals surface area contributed by atoms with Crippen LogP contribution in [0.25, 0.3) is 0 Å². The number of rotatable bonds is 6. The Morgan fingerprint density at radius 2 is 1.92 bits per heavy atom. The van der Waals surface area contributed by atoms with E-state index in [1.54, 1.807) is 0 Å². The van der Waals surface area contributed by atoms with E-state index in [2.05, 4.69) is 10.7 Å². The predicted molar refractivity (Wildman–Crippen MR) is 84.4 cm³/mol. The molecule has 1 heterocycles. The van der Waals surface area contributed by atoms with Crippen LogP contribution in [0.2, 0.25) is 0 Å². The van der Waals surface area contributed by atoms with Crippen molar-refractivity contribution in [3.8, 4) is 0 Å². The number of nitrogens with zero attached hydrogens (tertiary/aromatic N) is 1. The Balaban J connectivity index is 1.82. The maximum atomic E-state index is 12.5. The highest BCUT2D eigenvalue weighted by Gasteiger charge is 2.52. The van der Waals surface area contributed by atoms with Gasteiger partial charge in [-0.15, -0.1) is 0 Å². The lowest BCUT2D eigenvalue weighted by molar-refractivity contribution is -0.151. The van der Waals surface area contributed by atoms with E-state index in [9.17, 15) is 19.2 Å². The standard InChI is InChI=1S/C16H25N3O5/c1-11(2)6-7-13(21)24-10-12(20)18-19-14(22)16(17-15(19)23)8-4-3-5-9-16/h11H,3-10H2,1-2H3,(H,17,23)(H,18,20). The first-order chi connectivity index (χ1) is 11.3. The molecule has 8 nitrogen and oxygen atoms in total. The van der Waals surface area contributed by atoms with Gasteiger partial charge in [-0.3, -0.25) is 19.8 Å². The van der Waals surface area contributed by atoms with Crippen molar-refractivity contribution in [2.75, 3.05) is 6.61 Å². The van der Waals surface area contributed by atoms with Gasteiger partial charge in [0.2, 0.25) is 0 Å². The van der Waals surface area contributed by atoms with Gasteiger partial charge >= 0.3 is 12.0 Å².